The van der Waals surface area contributed by atoms with Crippen LogP contribution in [0.4, 0.5) is 10.5 Å². The lowest BCUT2D eigenvalue weighted by molar-refractivity contribution is 0.0240. The van der Waals surface area contributed by atoms with E-state index < -0.39 is 5.60 Å². The van der Waals surface area contributed by atoms with Crippen molar-refractivity contribution in [2.75, 3.05) is 31.1 Å². The van der Waals surface area contributed by atoms with Crippen LogP contribution in [0.25, 0.3) is 21.8 Å². The molecule has 9 heteroatoms. The van der Waals surface area contributed by atoms with Gasteiger partial charge in [-0.2, -0.15) is 0 Å². The molecule has 0 unspecified atom stereocenters. The van der Waals surface area contributed by atoms with Gasteiger partial charge in [0, 0.05) is 64.0 Å². The van der Waals surface area contributed by atoms with E-state index >= 15 is 0 Å². The topological polar surface area (TPSA) is 58.6 Å². The number of ether oxygens (including phenoxy) is 1. The molecule has 1 amide bonds. The quantitative estimate of drug-likeness (QED) is 0.215. The van der Waals surface area contributed by atoms with Crippen LogP contribution in [0.3, 0.4) is 0 Å². The van der Waals surface area contributed by atoms with Crippen molar-refractivity contribution in [1.82, 2.24) is 14.9 Å². The van der Waals surface area contributed by atoms with E-state index in [2.05, 4.69) is 52.8 Å². The highest BCUT2D eigenvalue weighted by atomic mass is 79.9. The van der Waals surface area contributed by atoms with Gasteiger partial charge in [0.2, 0.25) is 0 Å². The van der Waals surface area contributed by atoms with Crippen LogP contribution in [0.5, 0.6) is 0 Å². The maximum absolute atomic E-state index is 12.2. The van der Waals surface area contributed by atoms with Crippen molar-refractivity contribution in [1.29, 1.82) is 0 Å². The van der Waals surface area contributed by atoms with Crippen molar-refractivity contribution in [3.63, 3.8) is 0 Å². The van der Waals surface area contributed by atoms with Crippen LogP contribution in [0.2, 0.25) is 5.02 Å². The molecule has 1 fully saturated rings. The Balaban J connectivity index is 0.000000211. The normalized spacial score (nSPS) is 13.9. The fourth-order valence-corrected chi connectivity index (χ4v) is 4.85. The number of fused-ring (bicyclic) bond motifs is 2. The Kier molecular flexibility index (Phi) is 8.37. The number of pyridine rings is 2. The van der Waals surface area contributed by atoms with Crippen LogP contribution >= 0.6 is 43.5 Å². The number of carbonyl (C=O) groups is 1. The molecule has 0 saturated carbocycles. The van der Waals surface area contributed by atoms with Crippen LogP contribution in [-0.4, -0.2) is 52.7 Å². The van der Waals surface area contributed by atoms with Crippen LogP contribution in [-0.2, 0) is 4.74 Å². The number of nitrogens with zero attached hydrogens (tertiary/aromatic N) is 4. The molecule has 3 heterocycles. The summed E-state index contributed by atoms with van der Waals surface area (Å²) >= 11 is 12.9. The van der Waals surface area contributed by atoms with Gasteiger partial charge >= 0.3 is 6.09 Å². The van der Waals surface area contributed by atoms with E-state index in [1.807, 2.05) is 63.4 Å². The second-order valence-corrected chi connectivity index (χ2v) is 11.6. The standard InChI is InChI=1S/C18H22BrN3O2.C9H5BrClN/c1-18(2,3)24-17(23)22-10-8-21(9-11-22)16-6-7-20-15-5-4-13(19)12-14(15)16;10-6-1-2-9-7(5-6)8(11)3-4-12-9/h4-7,12H,8-11H2,1-3H3;1-5H. The molecule has 0 N–H and O–H groups in total. The average Bonchev–Trinajstić information content (AvgIpc) is 2.84. The molecular formula is C27H27Br2ClN4O2. The molecule has 6 nitrogen and oxygen atoms in total. The molecule has 4 aromatic rings. The number of hydrogen-bond donors (Lipinski definition) is 0. The molecule has 0 aliphatic carbocycles. The zero-order valence-electron chi connectivity index (χ0n) is 20.3. The van der Waals surface area contributed by atoms with Crippen LogP contribution in [0.15, 0.2) is 69.9 Å². The van der Waals surface area contributed by atoms with E-state index in [1.165, 1.54) is 0 Å². The molecule has 188 valence electrons. The zero-order chi connectivity index (χ0) is 25.9. The third kappa shape index (κ3) is 6.66. The zero-order valence-corrected chi connectivity index (χ0v) is 24.3. The summed E-state index contributed by atoms with van der Waals surface area (Å²) in [6.07, 6.45) is 3.31. The number of anilines is 1. The summed E-state index contributed by atoms with van der Waals surface area (Å²) in [6.45, 7) is 8.56. The average molecular weight is 635 g/mol. The minimum Gasteiger partial charge on any atom is -0.444 e. The number of hydrogen-bond acceptors (Lipinski definition) is 5. The van der Waals surface area contributed by atoms with Crippen molar-refractivity contribution in [2.45, 2.75) is 26.4 Å². The Hall–Kier alpha value is -2.42. The second-order valence-electron chi connectivity index (χ2n) is 9.40. The van der Waals surface area contributed by atoms with Gasteiger partial charge < -0.3 is 14.5 Å². The first kappa shape index (κ1) is 26.6. The first-order valence-corrected chi connectivity index (χ1v) is 13.5. The van der Waals surface area contributed by atoms with Crippen molar-refractivity contribution in [3.05, 3.63) is 74.9 Å². The molecule has 0 radical (unpaired) electrons. The fraction of sp³-hybridized carbons (Fsp3) is 0.296. The van der Waals surface area contributed by atoms with Crippen molar-refractivity contribution in [3.8, 4) is 0 Å². The highest BCUT2D eigenvalue weighted by molar-refractivity contribution is 9.10. The summed E-state index contributed by atoms with van der Waals surface area (Å²) in [4.78, 5) is 24.9. The molecule has 2 aromatic heterocycles. The van der Waals surface area contributed by atoms with E-state index in [1.54, 1.807) is 17.2 Å². The maximum atomic E-state index is 12.2. The number of benzene rings is 2. The van der Waals surface area contributed by atoms with Crippen molar-refractivity contribution in [2.24, 2.45) is 0 Å². The van der Waals surface area contributed by atoms with Gasteiger partial charge in [0.25, 0.3) is 0 Å². The minimum absolute atomic E-state index is 0.232. The summed E-state index contributed by atoms with van der Waals surface area (Å²) in [6, 6.07) is 15.8. The summed E-state index contributed by atoms with van der Waals surface area (Å²) in [5.41, 5.74) is 2.60. The maximum Gasteiger partial charge on any atom is 0.410 e. The van der Waals surface area contributed by atoms with E-state index in [9.17, 15) is 4.79 Å². The molecule has 36 heavy (non-hydrogen) atoms. The third-order valence-corrected chi connectivity index (χ3v) is 6.92. The van der Waals surface area contributed by atoms with E-state index in [0.29, 0.717) is 13.1 Å². The summed E-state index contributed by atoms with van der Waals surface area (Å²) in [5, 5.41) is 2.84. The van der Waals surface area contributed by atoms with Crippen LogP contribution < -0.4 is 4.90 Å². The minimum atomic E-state index is -0.457. The smallest absolute Gasteiger partial charge is 0.410 e. The summed E-state index contributed by atoms with van der Waals surface area (Å²) in [7, 11) is 0. The lowest BCUT2D eigenvalue weighted by Crippen LogP contribution is -2.50. The van der Waals surface area contributed by atoms with Gasteiger partial charge in [0.05, 0.1) is 16.1 Å². The molecule has 2 aromatic carbocycles. The first-order valence-electron chi connectivity index (χ1n) is 11.6. The number of halogens is 3. The second kappa shape index (κ2) is 11.3. The SMILES string of the molecule is CC(C)(C)OC(=O)N1CCN(c2ccnc3ccc(Br)cc23)CC1.Clc1ccnc2ccc(Br)cc12. The van der Waals surface area contributed by atoms with Crippen LogP contribution in [0, 0.1) is 0 Å². The van der Waals surface area contributed by atoms with Gasteiger partial charge in [0.15, 0.2) is 0 Å². The van der Waals surface area contributed by atoms with Gasteiger partial charge in [-0.15, -0.1) is 0 Å². The van der Waals surface area contributed by atoms with Gasteiger partial charge in [-0.3, -0.25) is 9.97 Å². The molecule has 1 saturated heterocycles. The van der Waals surface area contributed by atoms with E-state index in [-0.39, 0.29) is 6.09 Å². The Morgan fingerprint density at radius 1 is 0.861 bits per heavy atom. The third-order valence-electron chi connectivity index (χ3n) is 5.60. The number of amides is 1. The van der Waals surface area contributed by atoms with Gasteiger partial charge in [-0.25, -0.2) is 4.79 Å². The summed E-state index contributed by atoms with van der Waals surface area (Å²) in [5.74, 6) is 0. The Morgan fingerprint density at radius 3 is 2.03 bits per heavy atom. The van der Waals surface area contributed by atoms with Crippen molar-refractivity contribution >= 4 is 77.0 Å². The highest BCUT2D eigenvalue weighted by Gasteiger charge is 2.26. The number of rotatable bonds is 1. The molecule has 5 rings (SSSR count). The predicted molar refractivity (Wildman–Crippen MR) is 154 cm³/mol. The summed E-state index contributed by atoms with van der Waals surface area (Å²) < 4.78 is 7.51. The predicted octanol–water partition coefficient (Wildman–Crippen LogP) is 7.71. The number of piperazine rings is 1. The van der Waals surface area contributed by atoms with Gasteiger partial charge in [-0.05, 0) is 69.3 Å². The lowest BCUT2D eigenvalue weighted by atomic mass is 10.1. The number of carbonyl (C=O) groups excluding carboxylic acids is 1. The Labute approximate surface area is 232 Å². The van der Waals surface area contributed by atoms with E-state index in [0.717, 1.165) is 54.6 Å². The van der Waals surface area contributed by atoms with E-state index in [4.69, 9.17) is 16.3 Å². The Bertz CT molecular complexity index is 1390. The molecule has 0 atom stereocenters. The molecule has 1 aliphatic heterocycles. The molecule has 0 bridgehead atoms. The Morgan fingerprint density at radius 2 is 1.42 bits per heavy atom. The fourth-order valence-electron chi connectivity index (χ4n) is 3.92. The molecule has 0 spiro atoms. The first-order chi connectivity index (χ1) is 17.1. The number of aromatic nitrogens is 2. The molecule has 1 aliphatic rings. The lowest BCUT2D eigenvalue weighted by Gasteiger charge is -2.37. The highest BCUT2D eigenvalue weighted by Crippen LogP contribution is 2.29. The van der Waals surface area contributed by atoms with Gasteiger partial charge in [-0.1, -0.05) is 43.5 Å². The van der Waals surface area contributed by atoms with Crippen molar-refractivity contribution < 1.29 is 9.53 Å². The van der Waals surface area contributed by atoms with Crippen LogP contribution in [0.1, 0.15) is 20.8 Å². The largest absolute Gasteiger partial charge is 0.444 e. The monoisotopic (exact) mass is 632 g/mol. The molecular weight excluding hydrogens is 608 g/mol. The van der Waals surface area contributed by atoms with Gasteiger partial charge in [0.1, 0.15) is 5.60 Å².